The number of alkyl halides is 3. The zero-order chi connectivity index (χ0) is 21.4. The minimum Gasteiger partial charge on any atom is -0.362 e. The first-order chi connectivity index (χ1) is 13.5. The second-order valence-electron chi connectivity index (χ2n) is 6.56. The fourth-order valence-electron chi connectivity index (χ4n) is 3.06. The van der Waals surface area contributed by atoms with Gasteiger partial charge in [-0.3, -0.25) is 10.1 Å². The van der Waals surface area contributed by atoms with Gasteiger partial charge in [0.15, 0.2) is 9.84 Å². The van der Waals surface area contributed by atoms with Crippen LogP contribution in [0.3, 0.4) is 0 Å². The molecule has 156 valence electrons. The Morgan fingerprint density at radius 2 is 1.69 bits per heavy atom. The van der Waals surface area contributed by atoms with Gasteiger partial charge in [0.05, 0.1) is 15.4 Å². The molecule has 0 atom stereocenters. The van der Waals surface area contributed by atoms with E-state index in [4.69, 9.17) is 0 Å². The maximum Gasteiger partial charge on any atom is 0.417 e. The Balaban J connectivity index is 1.76. The maximum absolute atomic E-state index is 12.7. The van der Waals surface area contributed by atoms with Crippen LogP contribution in [-0.4, -0.2) is 50.8 Å². The molecule has 1 fully saturated rings. The first-order valence-electron chi connectivity index (χ1n) is 8.48. The van der Waals surface area contributed by atoms with E-state index in [0.29, 0.717) is 37.7 Å². The minimum absolute atomic E-state index is 0.138. The minimum atomic E-state index is -4.46. The van der Waals surface area contributed by atoms with Crippen LogP contribution in [0.4, 0.5) is 30.4 Å². The highest BCUT2D eigenvalue weighted by molar-refractivity contribution is 7.90. The smallest absolute Gasteiger partial charge is 0.362 e. The van der Waals surface area contributed by atoms with E-state index in [1.165, 1.54) is 18.2 Å². The number of anilines is 2. The second kappa shape index (κ2) is 7.50. The fourth-order valence-corrected chi connectivity index (χ4v) is 3.71. The van der Waals surface area contributed by atoms with Crippen molar-refractivity contribution >= 4 is 27.0 Å². The summed E-state index contributed by atoms with van der Waals surface area (Å²) in [6.07, 6.45) is -2.71. The molecule has 12 heteroatoms. The number of aromatic nitrogens is 1. The van der Waals surface area contributed by atoms with E-state index >= 15 is 0 Å². The van der Waals surface area contributed by atoms with Crippen molar-refractivity contribution in [1.29, 1.82) is 0 Å². The number of nitro benzene ring substituents is 1. The Morgan fingerprint density at radius 3 is 2.17 bits per heavy atom. The number of benzene rings is 1. The molecule has 29 heavy (non-hydrogen) atoms. The molecule has 1 aromatic carbocycles. The number of nitrogens with zero attached hydrogens (tertiary/aromatic N) is 4. The molecule has 0 saturated carbocycles. The molecule has 1 aliphatic heterocycles. The second-order valence-corrected chi connectivity index (χ2v) is 8.57. The highest BCUT2D eigenvalue weighted by Gasteiger charge is 2.31. The number of pyridine rings is 1. The van der Waals surface area contributed by atoms with Gasteiger partial charge in [-0.2, -0.15) is 13.2 Å². The lowest BCUT2D eigenvalue weighted by Gasteiger charge is -2.36. The lowest BCUT2D eigenvalue weighted by atomic mass is 10.2. The van der Waals surface area contributed by atoms with E-state index in [1.54, 1.807) is 9.80 Å². The van der Waals surface area contributed by atoms with Crippen LogP contribution in [0.1, 0.15) is 5.56 Å². The molecule has 1 aromatic heterocycles. The SMILES string of the molecule is CS(=O)(=O)c1ccc(N2CCN(c3ccc(C(F)(F)F)cn3)CC2)c([N+](=O)[O-])c1. The van der Waals surface area contributed by atoms with E-state index in [0.717, 1.165) is 24.6 Å². The standard InChI is InChI=1S/C17H17F3N4O4S/c1-29(27,28)13-3-4-14(15(10-13)24(25)26)22-6-8-23(9-7-22)16-5-2-12(11-21-16)17(18,19)20/h2-5,10-11H,6-9H2,1H3. The molecule has 0 radical (unpaired) electrons. The molecule has 8 nitrogen and oxygen atoms in total. The quantitative estimate of drug-likeness (QED) is 0.544. The lowest BCUT2D eigenvalue weighted by molar-refractivity contribution is -0.384. The van der Waals surface area contributed by atoms with Crippen LogP contribution in [0.5, 0.6) is 0 Å². The van der Waals surface area contributed by atoms with Crippen molar-refractivity contribution in [2.45, 2.75) is 11.1 Å². The zero-order valence-corrected chi connectivity index (χ0v) is 16.1. The first-order valence-corrected chi connectivity index (χ1v) is 10.4. The van der Waals surface area contributed by atoms with Crippen molar-refractivity contribution < 1.29 is 26.5 Å². The number of piperazine rings is 1. The van der Waals surface area contributed by atoms with Crippen molar-refractivity contribution in [2.24, 2.45) is 0 Å². The number of hydrogen-bond donors (Lipinski definition) is 0. The number of rotatable bonds is 4. The summed E-state index contributed by atoms with van der Waals surface area (Å²) in [6.45, 7) is 1.51. The molecule has 0 unspecified atom stereocenters. The number of sulfone groups is 1. The van der Waals surface area contributed by atoms with Crippen LogP contribution in [0.15, 0.2) is 41.4 Å². The summed E-state index contributed by atoms with van der Waals surface area (Å²) in [7, 11) is -3.58. The molecule has 0 aliphatic carbocycles. The molecule has 0 amide bonds. The molecule has 3 rings (SSSR count). The largest absolute Gasteiger partial charge is 0.417 e. The Labute approximate surface area is 164 Å². The number of hydrogen-bond acceptors (Lipinski definition) is 7. The van der Waals surface area contributed by atoms with Gasteiger partial charge in [0.25, 0.3) is 5.69 Å². The molecular formula is C17H17F3N4O4S. The van der Waals surface area contributed by atoms with Crippen LogP contribution in [0.25, 0.3) is 0 Å². The van der Waals surface area contributed by atoms with Crippen molar-refractivity contribution in [2.75, 3.05) is 42.2 Å². The number of nitro groups is 1. The highest BCUT2D eigenvalue weighted by atomic mass is 32.2. The van der Waals surface area contributed by atoms with Crippen LogP contribution in [-0.2, 0) is 16.0 Å². The highest BCUT2D eigenvalue weighted by Crippen LogP contribution is 2.32. The van der Waals surface area contributed by atoms with Gasteiger partial charge < -0.3 is 9.80 Å². The average Bonchev–Trinajstić information content (AvgIpc) is 2.66. The van der Waals surface area contributed by atoms with Gasteiger partial charge >= 0.3 is 6.18 Å². The summed E-state index contributed by atoms with van der Waals surface area (Å²) in [5.74, 6) is 0.388. The predicted octanol–water partition coefficient (Wildman–Crippen LogP) is 2.74. The molecular weight excluding hydrogens is 413 g/mol. The third kappa shape index (κ3) is 4.58. The molecule has 0 bridgehead atoms. The Bertz CT molecular complexity index is 1020. The van der Waals surface area contributed by atoms with E-state index in [1.807, 2.05) is 0 Å². The van der Waals surface area contributed by atoms with E-state index < -0.39 is 26.5 Å². The van der Waals surface area contributed by atoms with Gasteiger partial charge in [0, 0.05) is 44.7 Å². The molecule has 2 heterocycles. The molecule has 1 saturated heterocycles. The summed E-state index contributed by atoms with van der Waals surface area (Å²) in [4.78, 5) is 18.0. The third-order valence-corrected chi connectivity index (χ3v) is 5.70. The number of halogens is 3. The molecule has 2 aromatic rings. The summed E-state index contributed by atoms with van der Waals surface area (Å²) >= 11 is 0. The van der Waals surface area contributed by atoms with Gasteiger partial charge in [-0.15, -0.1) is 0 Å². The molecule has 1 aliphatic rings. The summed E-state index contributed by atoms with van der Waals surface area (Å²) in [5, 5.41) is 11.4. The summed E-state index contributed by atoms with van der Waals surface area (Å²) in [5.41, 5.74) is -0.849. The summed E-state index contributed by atoms with van der Waals surface area (Å²) in [6, 6.07) is 6.02. The average molecular weight is 430 g/mol. The Kier molecular flexibility index (Phi) is 5.39. The van der Waals surface area contributed by atoms with E-state index in [9.17, 15) is 31.7 Å². The van der Waals surface area contributed by atoms with Gasteiger partial charge in [-0.25, -0.2) is 13.4 Å². The van der Waals surface area contributed by atoms with Gasteiger partial charge in [-0.1, -0.05) is 0 Å². The topological polar surface area (TPSA) is 96.7 Å². The first kappa shape index (κ1) is 20.8. The maximum atomic E-state index is 12.7. The van der Waals surface area contributed by atoms with Crippen molar-refractivity contribution in [3.8, 4) is 0 Å². The van der Waals surface area contributed by atoms with Crippen molar-refractivity contribution in [3.63, 3.8) is 0 Å². The van der Waals surface area contributed by atoms with Crippen LogP contribution < -0.4 is 9.80 Å². The fraction of sp³-hybridized carbons (Fsp3) is 0.353. The van der Waals surface area contributed by atoms with Crippen LogP contribution in [0, 0.1) is 10.1 Å². The van der Waals surface area contributed by atoms with E-state index in [2.05, 4.69) is 4.98 Å². The van der Waals surface area contributed by atoms with Gasteiger partial charge in [0.1, 0.15) is 11.5 Å². The van der Waals surface area contributed by atoms with Crippen molar-refractivity contribution in [1.82, 2.24) is 4.98 Å². The van der Waals surface area contributed by atoms with E-state index in [-0.39, 0.29) is 10.6 Å². The lowest BCUT2D eigenvalue weighted by Crippen LogP contribution is -2.47. The third-order valence-electron chi connectivity index (χ3n) is 4.59. The van der Waals surface area contributed by atoms with Crippen LogP contribution in [0.2, 0.25) is 0 Å². The molecule has 0 spiro atoms. The Hall–Kier alpha value is -2.89. The Morgan fingerprint density at radius 1 is 1.07 bits per heavy atom. The monoisotopic (exact) mass is 430 g/mol. The summed E-state index contributed by atoms with van der Waals surface area (Å²) < 4.78 is 61.3. The van der Waals surface area contributed by atoms with Gasteiger partial charge in [-0.05, 0) is 24.3 Å². The predicted molar refractivity (Wildman–Crippen MR) is 99.9 cm³/mol. The van der Waals surface area contributed by atoms with Crippen molar-refractivity contribution in [3.05, 3.63) is 52.2 Å². The molecule has 0 N–H and O–H groups in total. The normalized spacial score (nSPS) is 15.4. The zero-order valence-electron chi connectivity index (χ0n) is 15.3. The van der Waals surface area contributed by atoms with Crippen LogP contribution >= 0.6 is 0 Å². The van der Waals surface area contributed by atoms with Gasteiger partial charge in [0.2, 0.25) is 0 Å².